The van der Waals surface area contributed by atoms with Crippen LogP contribution in [-0.2, 0) is 64.2 Å². The molecule has 0 radical (unpaired) electrons. The maximum atomic E-state index is 9.28. The number of hydrogen-bond donors (Lipinski definition) is 4. The Balaban J connectivity index is -0.0000000702. The summed E-state index contributed by atoms with van der Waals surface area (Å²) < 4.78 is 0. The first-order valence-electron chi connectivity index (χ1n) is 4.84. The molecule has 0 amide bonds. The van der Waals surface area contributed by atoms with Gasteiger partial charge in [-0.15, -0.1) is 0 Å². The van der Waals surface area contributed by atoms with E-state index in [0.29, 0.717) is 24.3 Å². The molecule has 132 valence electrons. The normalized spacial score (nSPS) is 5.76. The van der Waals surface area contributed by atoms with Crippen molar-refractivity contribution >= 4 is 47.6 Å². The predicted molar refractivity (Wildman–Crippen MR) is 71.6 cm³/mol. The summed E-state index contributed by atoms with van der Waals surface area (Å²) in [5, 5.41) is 30.4. The number of carbonyl (C=O) groups excluding carboxylic acids is 4. The molecule has 0 fully saturated rings. The van der Waals surface area contributed by atoms with E-state index in [-0.39, 0.29) is 25.8 Å². The zero-order chi connectivity index (χ0) is 20.0. The van der Waals surface area contributed by atoms with Crippen LogP contribution in [0.3, 0.4) is 0 Å². The molecular weight excluding hydrogens is 515 g/mol. The second-order valence-electron chi connectivity index (χ2n) is 2.40. The van der Waals surface area contributed by atoms with Crippen molar-refractivity contribution in [3.05, 3.63) is 24.3 Å². The molecule has 13 heteroatoms. The second kappa shape index (κ2) is 28.7. The van der Waals surface area contributed by atoms with Crippen molar-refractivity contribution in [2.75, 3.05) is 0 Å². The largest absolute Gasteiger partial charge is 0.478 e. The number of carbonyl (C=O) groups is 4. The Hall–Kier alpha value is -3.45. The maximum absolute atomic E-state index is 9.28. The summed E-state index contributed by atoms with van der Waals surface area (Å²) in [5.41, 5.74) is 0. The van der Waals surface area contributed by atoms with Crippen LogP contribution >= 0.6 is 0 Å². The monoisotopic (exact) mass is 524 g/mol. The molecule has 0 rings (SSSR count). The van der Waals surface area contributed by atoms with Gasteiger partial charge in [-0.2, -0.15) is 0 Å². The SMILES string of the molecule is O=C=CC(=O)O.O=C=CC(=O)O.O=C=CC(=O)O.O=C=CC(=O)O.[Hf]. The molecule has 0 aliphatic heterocycles. The summed E-state index contributed by atoms with van der Waals surface area (Å²) in [6, 6.07) is 0. The molecule has 0 aliphatic rings. The van der Waals surface area contributed by atoms with Gasteiger partial charge in [0, 0.05) is 25.8 Å². The van der Waals surface area contributed by atoms with Crippen LogP contribution in [0.4, 0.5) is 0 Å². The summed E-state index contributed by atoms with van der Waals surface area (Å²) in [6.07, 6.45) is 1.61. The van der Waals surface area contributed by atoms with Crippen molar-refractivity contribution in [3.8, 4) is 0 Å². The Morgan fingerprint density at radius 2 is 0.600 bits per heavy atom. The maximum Gasteiger partial charge on any atom is 0.339 e. The van der Waals surface area contributed by atoms with Gasteiger partial charge in [-0.25, -0.2) is 38.4 Å². The first-order chi connectivity index (χ1) is 11.1. The average molecular weight is 523 g/mol. The van der Waals surface area contributed by atoms with Gasteiger partial charge in [0.25, 0.3) is 0 Å². The molecule has 0 aromatic rings. The molecule has 0 heterocycles. The average Bonchev–Trinajstić information content (AvgIpc) is 2.39. The molecular formula is C12H8HfO12. The van der Waals surface area contributed by atoms with E-state index in [0.717, 1.165) is 23.8 Å². The fourth-order valence-electron chi connectivity index (χ4n) is 0.202. The van der Waals surface area contributed by atoms with Gasteiger partial charge in [0.15, 0.2) is 0 Å². The molecule has 0 spiro atoms. The van der Waals surface area contributed by atoms with Crippen molar-refractivity contribution in [3.63, 3.8) is 0 Å². The van der Waals surface area contributed by atoms with E-state index in [4.69, 9.17) is 39.6 Å². The Labute approximate surface area is 156 Å². The summed E-state index contributed by atoms with van der Waals surface area (Å²) in [6.45, 7) is 0. The fraction of sp³-hybridized carbons (Fsp3) is 0. The Bertz CT molecular complexity index is 512. The fourth-order valence-corrected chi connectivity index (χ4v) is 0.202. The van der Waals surface area contributed by atoms with Crippen LogP contribution in [0.2, 0.25) is 0 Å². The van der Waals surface area contributed by atoms with E-state index in [1.807, 2.05) is 0 Å². The van der Waals surface area contributed by atoms with Crippen LogP contribution in [0.5, 0.6) is 0 Å². The first kappa shape index (κ1) is 33.2. The summed E-state index contributed by atoms with van der Waals surface area (Å²) in [4.78, 5) is 73.3. The molecule has 0 unspecified atom stereocenters. The topological polar surface area (TPSA) is 217 Å². The third-order valence-electron chi connectivity index (χ3n) is 0.730. The van der Waals surface area contributed by atoms with Gasteiger partial charge in [-0.05, 0) is 0 Å². The molecule has 12 nitrogen and oxygen atoms in total. The minimum atomic E-state index is -1.26. The molecule has 0 aromatic heterocycles. The van der Waals surface area contributed by atoms with Gasteiger partial charge in [0.05, 0.1) is 0 Å². The molecule has 0 saturated carbocycles. The van der Waals surface area contributed by atoms with E-state index in [9.17, 15) is 19.2 Å². The van der Waals surface area contributed by atoms with E-state index in [2.05, 4.69) is 0 Å². The van der Waals surface area contributed by atoms with E-state index >= 15 is 0 Å². The molecule has 0 aliphatic carbocycles. The number of hydrogen-bond acceptors (Lipinski definition) is 8. The van der Waals surface area contributed by atoms with E-state index in [1.54, 1.807) is 0 Å². The van der Waals surface area contributed by atoms with Gasteiger partial charge >= 0.3 is 23.9 Å². The van der Waals surface area contributed by atoms with Gasteiger partial charge < -0.3 is 20.4 Å². The van der Waals surface area contributed by atoms with Gasteiger partial charge in [0.2, 0.25) is 0 Å². The van der Waals surface area contributed by atoms with E-state index in [1.165, 1.54) is 0 Å². The quantitative estimate of drug-likeness (QED) is 0.176. The van der Waals surface area contributed by atoms with Crippen LogP contribution in [0, 0.1) is 0 Å². The number of aliphatic carboxylic acids is 4. The van der Waals surface area contributed by atoms with Gasteiger partial charge in [0.1, 0.15) is 48.1 Å². The number of carboxylic acid groups (broad SMARTS) is 4. The molecule has 0 bridgehead atoms. The second-order valence-corrected chi connectivity index (χ2v) is 2.40. The number of rotatable bonds is 4. The third kappa shape index (κ3) is 96.7. The zero-order valence-corrected chi connectivity index (χ0v) is 15.5. The number of carboxylic acids is 4. The Morgan fingerprint density at radius 3 is 0.600 bits per heavy atom. The van der Waals surface area contributed by atoms with Gasteiger partial charge in [-0.3, -0.25) is 0 Å². The van der Waals surface area contributed by atoms with Crippen molar-refractivity contribution in [1.29, 1.82) is 0 Å². The molecule has 4 N–H and O–H groups in total. The minimum absolute atomic E-state index is 0. The smallest absolute Gasteiger partial charge is 0.339 e. The zero-order valence-electron chi connectivity index (χ0n) is 11.9. The Kier molecular flexibility index (Phi) is 38.1. The standard InChI is InChI=1S/4C3H2O3.Hf/c4*4-2-1-3(5)6;/h4*1H,(H,5,6);. The van der Waals surface area contributed by atoms with Crippen molar-refractivity contribution < 1.29 is 84.6 Å². The molecule has 0 atom stereocenters. The minimum Gasteiger partial charge on any atom is -0.478 e. The summed E-state index contributed by atoms with van der Waals surface area (Å²) >= 11 is 0. The predicted octanol–water partition coefficient (Wildman–Crippen LogP) is -2.17. The molecule has 0 saturated heterocycles. The molecule has 25 heavy (non-hydrogen) atoms. The third-order valence-corrected chi connectivity index (χ3v) is 0.730. The van der Waals surface area contributed by atoms with Crippen LogP contribution in [-0.4, -0.2) is 68.1 Å². The van der Waals surface area contributed by atoms with Crippen LogP contribution in [0.25, 0.3) is 0 Å². The summed E-state index contributed by atoms with van der Waals surface area (Å²) in [7, 11) is 0. The Morgan fingerprint density at radius 1 is 0.480 bits per heavy atom. The van der Waals surface area contributed by atoms with Crippen LogP contribution in [0.1, 0.15) is 0 Å². The van der Waals surface area contributed by atoms with Crippen molar-refractivity contribution in [1.82, 2.24) is 0 Å². The first-order valence-corrected chi connectivity index (χ1v) is 4.84. The van der Waals surface area contributed by atoms with Crippen molar-refractivity contribution in [2.24, 2.45) is 0 Å². The van der Waals surface area contributed by atoms with Crippen molar-refractivity contribution in [2.45, 2.75) is 0 Å². The van der Waals surface area contributed by atoms with Crippen LogP contribution in [0.15, 0.2) is 24.3 Å². The van der Waals surface area contributed by atoms with Gasteiger partial charge in [-0.1, -0.05) is 0 Å². The van der Waals surface area contributed by atoms with Crippen LogP contribution < -0.4 is 0 Å². The van der Waals surface area contributed by atoms with E-state index < -0.39 is 23.9 Å². The molecule has 0 aromatic carbocycles. The summed E-state index contributed by atoms with van der Waals surface area (Å²) in [5.74, 6) is -0.667.